The molecule has 0 unspecified atom stereocenters. The highest BCUT2D eigenvalue weighted by molar-refractivity contribution is 5.71. The van der Waals surface area contributed by atoms with Crippen molar-refractivity contribution in [3.8, 4) is 17.1 Å². The Morgan fingerprint density at radius 2 is 1.70 bits per heavy atom. The number of unbranched alkanes of at least 4 members (excludes halogenated alkanes) is 5. The van der Waals surface area contributed by atoms with E-state index in [0.717, 1.165) is 46.5 Å². The normalized spacial score (nSPS) is 30.0. The van der Waals surface area contributed by atoms with Crippen molar-refractivity contribution in [1.29, 1.82) is 0 Å². The van der Waals surface area contributed by atoms with Gasteiger partial charge in [-0.15, -0.1) is 0 Å². The summed E-state index contributed by atoms with van der Waals surface area (Å²) in [5.41, 5.74) is 7.65. The standard InChI is InChI=1S/C41H55N3O2/c1-7-8-9-10-11-12-13-29-16-19-34-32-18-15-30-24-36-28(25-41(30,5)35(32)20-21-40(29,34)4)23-33-37(42-39(46)43(6)38(33)45)44(36)31-17-14-26(2)27(3)22-31/h14,17,22-24,29,32,34-35H,7-13,15-16,18-21,25H2,1-6H3/t29-,32-,34-,35-,40+,41-/m0/s1. The molecule has 0 bridgehead atoms. The fraction of sp³-hybridized carbons (Fsp3) is 0.634. The van der Waals surface area contributed by atoms with Crippen LogP contribution in [0.3, 0.4) is 0 Å². The molecule has 46 heavy (non-hydrogen) atoms. The molecule has 0 N–H and O–H groups in total. The van der Waals surface area contributed by atoms with E-state index in [0.29, 0.717) is 22.7 Å². The third-order valence-corrected chi connectivity index (χ3v) is 13.8. The van der Waals surface area contributed by atoms with E-state index in [4.69, 9.17) is 0 Å². The van der Waals surface area contributed by atoms with Crippen LogP contribution < -0.4 is 11.2 Å². The van der Waals surface area contributed by atoms with E-state index in [1.165, 1.54) is 93.7 Å². The number of rotatable bonds is 8. The maximum absolute atomic E-state index is 13.6. The van der Waals surface area contributed by atoms with Gasteiger partial charge >= 0.3 is 5.69 Å². The summed E-state index contributed by atoms with van der Waals surface area (Å²) in [6, 6.07) is 8.50. The lowest BCUT2D eigenvalue weighted by Crippen LogP contribution is -2.51. The van der Waals surface area contributed by atoms with E-state index in [1.807, 2.05) is 0 Å². The summed E-state index contributed by atoms with van der Waals surface area (Å²) >= 11 is 0. The quantitative estimate of drug-likeness (QED) is 0.236. The SMILES string of the molecule is CCCCCCCC[C@H]1CC[C@H]2[C@@H]3CCC4=Cc5c(cc6c(=O)n(C)c(=O)nc-6n5-c5ccc(C)c(C)c5)C[C@]4(C)[C@H]3CC[C@]12C. The van der Waals surface area contributed by atoms with E-state index in [-0.39, 0.29) is 11.0 Å². The molecule has 5 heteroatoms. The Labute approximate surface area is 275 Å². The van der Waals surface area contributed by atoms with Gasteiger partial charge in [-0.05, 0) is 141 Å². The minimum absolute atomic E-state index is 0.0977. The Hall–Kier alpha value is -2.95. The first kappa shape index (κ1) is 31.6. The van der Waals surface area contributed by atoms with E-state index in [2.05, 4.69) is 74.5 Å². The monoisotopic (exact) mass is 621 g/mol. The van der Waals surface area contributed by atoms with Crippen molar-refractivity contribution in [2.24, 2.45) is 41.5 Å². The van der Waals surface area contributed by atoms with E-state index in [1.54, 1.807) is 12.6 Å². The fourth-order valence-electron chi connectivity index (χ4n) is 10.9. The second-order valence-electron chi connectivity index (χ2n) is 16.2. The predicted octanol–water partition coefficient (Wildman–Crippen LogP) is 9.20. The summed E-state index contributed by atoms with van der Waals surface area (Å²) in [6.07, 6.45) is 21.2. The molecule has 5 nitrogen and oxygen atoms in total. The van der Waals surface area contributed by atoms with Crippen molar-refractivity contribution >= 4 is 6.08 Å². The Morgan fingerprint density at radius 1 is 0.913 bits per heavy atom. The van der Waals surface area contributed by atoms with Crippen molar-refractivity contribution in [2.45, 2.75) is 125 Å². The van der Waals surface area contributed by atoms with Crippen LogP contribution in [0, 0.1) is 48.3 Å². The second kappa shape index (κ2) is 11.9. The average Bonchev–Trinajstić information content (AvgIpc) is 3.37. The summed E-state index contributed by atoms with van der Waals surface area (Å²) in [6.45, 7) is 11.8. The number of aryl methyl sites for hydroxylation is 2. The van der Waals surface area contributed by atoms with Crippen LogP contribution in [0.5, 0.6) is 0 Å². The van der Waals surface area contributed by atoms with E-state index in [9.17, 15) is 9.59 Å². The van der Waals surface area contributed by atoms with Crippen LogP contribution in [0.1, 0.15) is 127 Å². The van der Waals surface area contributed by atoms with Crippen LogP contribution in [0.2, 0.25) is 0 Å². The molecule has 1 aromatic carbocycles. The molecule has 6 atom stereocenters. The summed E-state index contributed by atoms with van der Waals surface area (Å²) < 4.78 is 3.27. The van der Waals surface area contributed by atoms with Gasteiger partial charge in [0, 0.05) is 12.7 Å². The summed E-state index contributed by atoms with van der Waals surface area (Å²) in [7, 11) is 1.54. The molecule has 246 valence electrons. The topological polar surface area (TPSA) is 56.9 Å². The number of hydrogen-bond acceptors (Lipinski definition) is 3. The summed E-state index contributed by atoms with van der Waals surface area (Å²) in [5, 5.41) is 0. The highest BCUT2D eigenvalue weighted by Gasteiger charge is 2.58. The zero-order valence-corrected chi connectivity index (χ0v) is 29.3. The van der Waals surface area contributed by atoms with Gasteiger partial charge in [-0.3, -0.25) is 13.9 Å². The highest BCUT2D eigenvalue weighted by Crippen LogP contribution is 2.67. The molecule has 0 saturated heterocycles. The van der Waals surface area contributed by atoms with Crippen LogP contribution in [-0.4, -0.2) is 14.1 Å². The van der Waals surface area contributed by atoms with Gasteiger partial charge in [0.15, 0.2) is 5.82 Å². The Bertz CT molecular complexity index is 1760. The van der Waals surface area contributed by atoms with Crippen molar-refractivity contribution in [3.63, 3.8) is 0 Å². The lowest BCUT2D eigenvalue weighted by Gasteiger charge is -2.58. The van der Waals surface area contributed by atoms with Crippen molar-refractivity contribution < 1.29 is 0 Å². The number of aromatic nitrogens is 3. The molecular formula is C41H55N3O2. The van der Waals surface area contributed by atoms with Gasteiger partial charge < -0.3 is 0 Å². The molecule has 1 aromatic rings. The van der Waals surface area contributed by atoms with Gasteiger partial charge in [0.2, 0.25) is 0 Å². The maximum atomic E-state index is 13.6. The van der Waals surface area contributed by atoms with Crippen LogP contribution in [-0.2, 0) is 13.5 Å². The highest BCUT2D eigenvalue weighted by atomic mass is 16.2. The molecule has 0 spiro atoms. The molecule has 2 heterocycles. The molecule has 0 aromatic heterocycles. The first-order valence-corrected chi connectivity index (χ1v) is 18.5. The zero-order valence-electron chi connectivity index (χ0n) is 29.3. The lowest BCUT2D eigenvalue weighted by molar-refractivity contribution is -0.0478. The molecule has 2 aliphatic heterocycles. The zero-order chi connectivity index (χ0) is 32.4. The van der Waals surface area contributed by atoms with Crippen LogP contribution in [0.15, 0.2) is 39.4 Å². The largest absolute Gasteiger partial charge is 0.352 e. The molecule has 0 radical (unpaired) electrons. The molecule has 7 rings (SSSR count). The molecule has 3 saturated carbocycles. The minimum atomic E-state index is -0.500. The molecule has 0 amide bonds. The third kappa shape index (κ3) is 4.97. The third-order valence-electron chi connectivity index (χ3n) is 13.8. The number of nitrogens with zero attached hydrogens (tertiary/aromatic N) is 3. The lowest BCUT2D eigenvalue weighted by atomic mass is 9.46. The molecule has 3 fully saturated rings. The van der Waals surface area contributed by atoms with Gasteiger partial charge in [0.05, 0.1) is 11.3 Å². The van der Waals surface area contributed by atoms with Gasteiger partial charge in [0.25, 0.3) is 5.56 Å². The molecule has 6 aliphatic rings. The van der Waals surface area contributed by atoms with Crippen molar-refractivity contribution in [1.82, 2.24) is 14.1 Å². The van der Waals surface area contributed by atoms with Gasteiger partial charge in [-0.1, -0.05) is 70.9 Å². The smallest absolute Gasteiger partial charge is 0.294 e. The first-order valence-electron chi connectivity index (χ1n) is 18.5. The number of hydrogen-bond donors (Lipinski definition) is 0. The van der Waals surface area contributed by atoms with Crippen LogP contribution in [0.4, 0.5) is 0 Å². The van der Waals surface area contributed by atoms with Gasteiger partial charge in [-0.2, -0.15) is 4.98 Å². The van der Waals surface area contributed by atoms with Crippen molar-refractivity contribution in [2.75, 3.05) is 0 Å². The van der Waals surface area contributed by atoms with Crippen molar-refractivity contribution in [3.05, 3.63) is 73.1 Å². The van der Waals surface area contributed by atoms with Gasteiger partial charge in [0.1, 0.15) is 0 Å². The van der Waals surface area contributed by atoms with Gasteiger partial charge in [-0.25, -0.2) is 4.79 Å². The second-order valence-corrected chi connectivity index (χ2v) is 16.2. The van der Waals surface area contributed by atoms with Crippen LogP contribution in [0.25, 0.3) is 23.2 Å². The first-order chi connectivity index (χ1) is 22.1. The molecule has 4 aliphatic carbocycles. The van der Waals surface area contributed by atoms with Crippen LogP contribution >= 0.6 is 0 Å². The Balaban J connectivity index is 1.23. The average molecular weight is 622 g/mol. The van der Waals surface area contributed by atoms with E-state index >= 15 is 0 Å². The Morgan fingerprint density at radius 3 is 2.48 bits per heavy atom. The summed E-state index contributed by atoms with van der Waals surface area (Å²) in [4.78, 5) is 30.9. The maximum Gasteiger partial charge on any atom is 0.352 e. The summed E-state index contributed by atoms with van der Waals surface area (Å²) in [5.74, 6) is 3.70. The number of pyridine rings is 1. The minimum Gasteiger partial charge on any atom is -0.294 e. The molecular weight excluding hydrogens is 566 g/mol. The predicted molar refractivity (Wildman–Crippen MR) is 189 cm³/mol. The number of allylic oxidation sites excluding steroid dienone is 1. The number of benzene rings is 1. The fourth-order valence-corrected chi connectivity index (χ4v) is 10.9. The van der Waals surface area contributed by atoms with E-state index < -0.39 is 5.69 Å². The Kier molecular flexibility index (Phi) is 8.21. The number of fused-ring (bicyclic) bond motifs is 7.